The number of ether oxygens (including phenoxy) is 1. The number of carbonyl (C=O) groups excluding carboxylic acids is 1. The van der Waals surface area contributed by atoms with Crippen molar-refractivity contribution in [2.24, 2.45) is 5.92 Å². The van der Waals surface area contributed by atoms with Crippen LogP contribution in [-0.2, 0) is 9.53 Å². The number of carbonyl (C=O) groups is 1. The monoisotopic (exact) mass is 675 g/mol. The number of allylic oxidation sites excluding steroid dienone is 2. The van der Waals surface area contributed by atoms with Gasteiger partial charge in [-0.05, 0) is 38.0 Å². The van der Waals surface area contributed by atoms with Gasteiger partial charge >= 0.3 is 5.97 Å². The first-order valence-electron chi connectivity index (χ1n) is 22.5. The molecule has 0 radical (unpaired) electrons. The summed E-state index contributed by atoms with van der Waals surface area (Å²) in [6.07, 6.45) is 56.1. The molecule has 0 aliphatic carbocycles. The van der Waals surface area contributed by atoms with Crippen LogP contribution in [0.25, 0.3) is 0 Å². The summed E-state index contributed by atoms with van der Waals surface area (Å²) in [6.45, 7) is 7.60. The Morgan fingerprint density at radius 2 is 0.771 bits per heavy atom. The molecule has 0 spiro atoms. The van der Waals surface area contributed by atoms with Crippen molar-refractivity contribution < 1.29 is 9.53 Å². The van der Waals surface area contributed by atoms with E-state index in [0.29, 0.717) is 13.0 Å². The summed E-state index contributed by atoms with van der Waals surface area (Å²) in [5.74, 6) is 0.956. The van der Waals surface area contributed by atoms with Gasteiger partial charge in [0.1, 0.15) is 0 Å². The summed E-state index contributed by atoms with van der Waals surface area (Å²) in [6, 6.07) is 0. The molecule has 1 atom stereocenters. The third-order valence-electron chi connectivity index (χ3n) is 10.7. The highest BCUT2D eigenvalue weighted by Crippen LogP contribution is 2.17. The van der Waals surface area contributed by atoms with Crippen LogP contribution < -0.4 is 0 Å². The average molecular weight is 675 g/mol. The molecule has 0 rings (SSSR count). The van der Waals surface area contributed by atoms with Gasteiger partial charge in [-0.3, -0.25) is 4.79 Å². The van der Waals surface area contributed by atoms with Crippen molar-refractivity contribution in [1.29, 1.82) is 0 Å². The van der Waals surface area contributed by atoms with Crippen LogP contribution >= 0.6 is 0 Å². The lowest BCUT2D eigenvalue weighted by atomic mass is 9.99. The van der Waals surface area contributed by atoms with Crippen molar-refractivity contribution >= 4 is 5.97 Å². The standard InChI is InChI=1S/C46H90O2/c1-4-6-7-8-9-10-27-31-34-37-40-43-46(47)48-44-41-38-35-32-29-26-24-22-20-18-16-14-12-11-13-15-17-19-21-23-25-28-30-33-36-39-42-45(3)5-2/h8-9,45H,4-7,10-44H2,1-3H3/b9-8-. The second-order valence-electron chi connectivity index (χ2n) is 15.6. The van der Waals surface area contributed by atoms with E-state index in [4.69, 9.17) is 4.74 Å². The number of hydrogen-bond donors (Lipinski definition) is 0. The molecule has 0 saturated heterocycles. The normalized spacial score (nSPS) is 12.3. The third-order valence-corrected chi connectivity index (χ3v) is 10.7. The van der Waals surface area contributed by atoms with Gasteiger partial charge in [-0.15, -0.1) is 0 Å². The van der Waals surface area contributed by atoms with Gasteiger partial charge in [0.05, 0.1) is 6.61 Å². The molecule has 0 fully saturated rings. The topological polar surface area (TPSA) is 26.3 Å². The van der Waals surface area contributed by atoms with Crippen molar-refractivity contribution in [2.75, 3.05) is 6.61 Å². The van der Waals surface area contributed by atoms with Gasteiger partial charge in [-0.25, -0.2) is 0 Å². The molecule has 0 amide bonds. The molecule has 2 nitrogen and oxygen atoms in total. The van der Waals surface area contributed by atoms with Crippen molar-refractivity contribution in [2.45, 2.75) is 265 Å². The molecule has 0 bridgehead atoms. The van der Waals surface area contributed by atoms with Gasteiger partial charge < -0.3 is 4.74 Å². The minimum absolute atomic E-state index is 0.0175. The van der Waals surface area contributed by atoms with E-state index in [0.717, 1.165) is 25.2 Å². The SMILES string of the molecule is CCCC/C=C\CCCCCCCC(=O)OCCCCCCCCCCCCCCCCCCCCCCCCCCCCC(C)CC. The Bertz CT molecular complexity index is 626. The summed E-state index contributed by atoms with van der Waals surface area (Å²) >= 11 is 0. The minimum atomic E-state index is 0.0175. The Morgan fingerprint density at radius 3 is 1.17 bits per heavy atom. The molecule has 0 aromatic carbocycles. The second-order valence-corrected chi connectivity index (χ2v) is 15.6. The maximum Gasteiger partial charge on any atom is 0.305 e. The summed E-state index contributed by atoms with van der Waals surface area (Å²) in [4.78, 5) is 11.9. The van der Waals surface area contributed by atoms with E-state index in [-0.39, 0.29) is 5.97 Å². The summed E-state index contributed by atoms with van der Waals surface area (Å²) in [5.41, 5.74) is 0. The Morgan fingerprint density at radius 1 is 0.438 bits per heavy atom. The summed E-state index contributed by atoms with van der Waals surface area (Å²) in [5, 5.41) is 0. The van der Waals surface area contributed by atoms with Gasteiger partial charge in [0.25, 0.3) is 0 Å². The maximum atomic E-state index is 11.9. The van der Waals surface area contributed by atoms with E-state index in [1.54, 1.807) is 0 Å². The molecule has 48 heavy (non-hydrogen) atoms. The fraction of sp³-hybridized carbons (Fsp3) is 0.935. The molecule has 0 aliphatic rings. The molecule has 1 unspecified atom stereocenters. The fourth-order valence-electron chi connectivity index (χ4n) is 6.92. The maximum absolute atomic E-state index is 11.9. The van der Waals surface area contributed by atoms with Crippen molar-refractivity contribution in [3.8, 4) is 0 Å². The Balaban J connectivity index is 3.14. The zero-order valence-corrected chi connectivity index (χ0v) is 33.6. The molecule has 0 N–H and O–H groups in total. The Kier molecular flexibility index (Phi) is 41.7. The van der Waals surface area contributed by atoms with Crippen LogP contribution in [0.3, 0.4) is 0 Å². The zero-order chi connectivity index (χ0) is 34.9. The van der Waals surface area contributed by atoms with Gasteiger partial charge in [0.15, 0.2) is 0 Å². The van der Waals surface area contributed by atoms with Crippen LogP contribution in [0.15, 0.2) is 12.2 Å². The lowest BCUT2D eigenvalue weighted by Gasteiger charge is -2.07. The lowest BCUT2D eigenvalue weighted by molar-refractivity contribution is -0.143. The predicted octanol–water partition coefficient (Wildman–Crippen LogP) is 16.6. The van der Waals surface area contributed by atoms with Gasteiger partial charge in [0.2, 0.25) is 0 Å². The highest BCUT2D eigenvalue weighted by atomic mass is 16.5. The predicted molar refractivity (Wildman–Crippen MR) is 216 cm³/mol. The van der Waals surface area contributed by atoms with Crippen molar-refractivity contribution in [3.63, 3.8) is 0 Å². The summed E-state index contributed by atoms with van der Waals surface area (Å²) < 4.78 is 5.45. The number of hydrogen-bond acceptors (Lipinski definition) is 2. The van der Waals surface area contributed by atoms with Crippen molar-refractivity contribution in [1.82, 2.24) is 0 Å². The quantitative estimate of drug-likeness (QED) is 0.0366. The highest BCUT2D eigenvalue weighted by molar-refractivity contribution is 5.69. The molecule has 0 heterocycles. The fourth-order valence-corrected chi connectivity index (χ4v) is 6.92. The largest absolute Gasteiger partial charge is 0.466 e. The zero-order valence-electron chi connectivity index (χ0n) is 33.6. The third kappa shape index (κ3) is 41.4. The van der Waals surface area contributed by atoms with Gasteiger partial charge in [-0.1, -0.05) is 238 Å². The molecule has 2 heteroatoms. The molecule has 0 aromatic heterocycles. The highest BCUT2D eigenvalue weighted by Gasteiger charge is 2.03. The van der Waals surface area contributed by atoms with E-state index in [9.17, 15) is 4.79 Å². The Hall–Kier alpha value is -0.790. The van der Waals surface area contributed by atoms with Crippen LogP contribution in [-0.4, -0.2) is 12.6 Å². The average Bonchev–Trinajstić information content (AvgIpc) is 3.09. The molecule has 286 valence electrons. The van der Waals surface area contributed by atoms with E-state index >= 15 is 0 Å². The molecule has 0 aromatic rings. The number of rotatable bonds is 41. The van der Waals surface area contributed by atoms with Crippen LogP contribution in [0.2, 0.25) is 0 Å². The molecule has 0 saturated carbocycles. The minimum Gasteiger partial charge on any atom is -0.466 e. The summed E-state index contributed by atoms with van der Waals surface area (Å²) in [7, 11) is 0. The van der Waals surface area contributed by atoms with Gasteiger partial charge in [0, 0.05) is 6.42 Å². The first-order valence-corrected chi connectivity index (χ1v) is 22.5. The van der Waals surface area contributed by atoms with Crippen LogP contribution in [0.4, 0.5) is 0 Å². The molecule has 0 aliphatic heterocycles. The van der Waals surface area contributed by atoms with Crippen LogP contribution in [0, 0.1) is 5.92 Å². The van der Waals surface area contributed by atoms with Crippen LogP contribution in [0.1, 0.15) is 265 Å². The lowest BCUT2D eigenvalue weighted by Crippen LogP contribution is -2.05. The van der Waals surface area contributed by atoms with E-state index in [1.165, 1.54) is 218 Å². The number of unbranched alkanes of at least 4 members (excludes halogenated alkanes) is 32. The molecular formula is C46H90O2. The van der Waals surface area contributed by atoms with E-state index < -0.39 is 0 Å². The first kappa shape index (κ1) is 47.2. The van der Waals surface area contributed by atoms with Crippen LogP contribution in [0.5, 0.6) is 0 Å². The molecular weight excluding hydrogens is 585 g/mol. The van der Waals surface area contributed by atoms with E-state index in [1.807, 2.05) is 0 Å². The first-order chi connectivity index (χ1) is 23.7. The van der Waals surface area contributed by atoms with E-state index in [2.05, 4.69) is 32.9 Å². The Labute approximate surface area is 304 Å². The van der Waals surface area contributed by atoms with Crippen molar-refractivity contribution in [3.05, 3.63) is 12.2 Å². The van der Waals surface area contributed by atoms with Gasteiger partial charge in [-0.2, -0.15) is 0 Å². The second kappa shape index (κ2) is 42.4. The number of esters is 1. The smallest absolute Gasteiger partial charge is 0.305 e.